The Labute approximate surface area is 188 Å². The summed E-state index contributed by atoms with van der Waals surface area (Å²) >= 11 is 5.79. The first-order valence-electron chi connectivity index (χ1n) is 9.04. The number of carbonyl (C=O) groups is 3. The number of carbonyl (C=O) groups excluding carboxylic acids is 3. The molecule has 3 rings (SSSR count). The molecule has 0 saturated carbocycles. The van der Waals surface area contributed by atoms with E-state index in [-0.39, 0.29) is 16.2 Å². The maximum absolute atomic E-state index is 12.6. The summed E-state index contributed by atoms with van der Waals surface area (Å²) in [5.74, 6) is -2.01. The monoisotopic (exact) mass is 476 g/mol. The number of rotatable bonds is 7. The molecule has 0 radical (unpaired) electrons. The predicted molar refractivity (Wildman–Crippen MR) is 115 cm³/mol. The molecule has 0 saturated heterocycles. The minimum absolute atomic E-state index is 0.0103. The van der Waals surface area contributed by atoms with Crippen LogP contribution in [-0.2, 0) is 14.8 Å². The minimum Gasteiger partial charge on any atom is -0.459 e. The van der Waals surface area contributed by atoms with Crippen LogP contribution in [0.15, 0.2) is 76.2 Å². The number of benzene rings is 2. The van der Waals surface area contributed by atoms with E-state index in [1.807, 2.05) is 0 Å². The Morgan fingerprint density at radius 1 is 0.906 bits per heavy atom. The number of anilines is 1. The van der Waals surface area contributed by atoms with Crippen LogP contribution in [0.4, 0.5) is 5.69 Å². The zero-order valence-electron chi connectivity index (χ0n) is 16.3. The lowest BCUT2D eigenvalue weighted by atomic mass is 10.2. The Morgan fingerprint density at radius 3 is 2.34 bits per heavy atom. The van der Waals surface area contributed by atoms with Crippen molar-refractivity contribution >= 4 is 45.0 Å². The first-order valence-corrected chi connectivity index (χ1v) is 10.9. The standard InChI is InChI=1S/C20H17ClN4O6S/c21-14-6-8-15(9-7-14)25-32(29,30)16-4-1-3-13(11-16)19(27)24-23-18(26)12-22-20(28)17-5-2-10-31-17/h1-11,25H,12H2,(H,22,28)(H,23,26)(H,24,27). The molecule has 4 N–H and O–H groups in total. The van der Waals surface area contributed by atoms with Crippen molar-refractivity contribution in [2.45, 2.75) is 4.90 Å². The summed E-state index contributed by atoms with van der Waals surface area (Å²) in [6.45, 7) is -0.417. The summed E-state index contributed by atoms with van der Waals surface area (Å²) in [4.78, 5) is 35.7. The number of halogens is 1. The van der Waals surface area contributed by atoms with Crippen molar-refractivity contribution < 1.29 is 27.2 Å². The van der Waals surface area contributed by atoms with E-state index < -0.39 is 34.3 Å². The zero-order valence-corrected chi connectivity index (χ0v) is 17.9. The molecule has 32 heavy (non-hydrogen) atoms. The second-order valence-corrected chi connectivity index (χ2v) is 8.42. The summed E-state index contributed by atoms with van der Waals surface area (Å²) in [5.41, 5.74) is 4.56. The van der Waals surface area contributed by atoms with Crippen molar-refractivity contribution in [3.63, 3.8) is 0 Å². The lowest BCUT2D eigenvalue weighted by molar-refractivity contribution is -0.120. The summed E-state index contributed by atoms with van der Waals surface area (Å²) < 4.78 is 32.4. The summed E-state index contributed by atoms with van der Waals surface area (Å²) in [6.07, 6.45) is 1.31. The molecule has 0 spiro atoms. The topological polar surface area (TPSA) is 147 Å². The molecule has 0 atom stereocenters. The van der Waals surface area contributed by atoms with Gasteiger partial charge in [-0.15, -0.1) is 0 Å². The molecule has 0 unspecified atom stereocenters. The third kappa shape index (κ3) is 6.09. The van der Waals surface area contributed by atoms with Gasteiger partial charge in [-0.3, -0.25) is 30.0 Å². The average molecular weight is 477 g/mol. The highest BCUT2D eigenvalue weighted by atomic mass is 35.5. The highest BCUT2D eigenvalue weighted by Gasteiger charge is 2.17. The van der Waals surface area contributed by atoms with Gasteiger partial charge in [-0.2, -0.15) is 0 Å². The van der Waals surface area contributed by atoms with E-state index in [1.165, 1.54) is 60.9 Å². The van der Waals surface area contributed by atoms with Crippen molar-refractivity contribution in [2.75, 3.05) is 11.3 Å². The van der Waals surface area contributed by atoms with Gasteiger partial charge in [0.05, 0.1) is 17.7 Å². The van der Waals surface area contributed by atoms with Crippen LogP contribution in [-0.4, -0.2) is 32.7 Å². The van der Waals surface area contributed by atoms with Gasteiger partial charge in [0.25, 0.3) is 27.7 Å². The van der Waals surface area contributed by atoms with E-state index in [1.54, 1.807) is 0 Å². The molecule has 12 heteroatoms. The lowest BCUT2D eigenvalue weighted by Gasteiger charge is -2.11. The van der Waals surface area contributed by atoms with Gasteiger partial charge in [0.2, 0.25) is 0 Å². The SMILES string of the molecule is O=C(CNC(=O)c1ccco1)NNC(=O)c1cccc(S(=O)(=O)Nc2ccc(Cl)cc2)c1. The van der Waals surface area contributed by atoms with Gasteiger partial charge in [0, 0.05) is 16.3 Å². The Kier molecular flexibility index (Phi) is 7.13. The molecule has 10 nitrogen and oxygen atoms in total. The van der Waals surface area contributed by atoms with Gasteiger partial charge >= 0.3 is 0 Å². The maximum Gasteiger partial charge on any atom is 0.287 e. The van der Waals surface area contributed by atoms with Crippen molar-refractivity contribution in [2.24, 2.45) is 0 Å². The molecule has 1 aromatic heterocycles. The van der Waals surface area contributed by atoms with Gasteiger partial charge in [0.1, 0.15) is 0 Å². The molecule has 0 aliphatic rings. The van der Waals surface area contributed by atoms with Crippen LogP contribution in [0.5, 0.6) is 0 Å². The fraction of sp³-hybridized carbons (Fsp3) is 0.0500. The first kappa shape index (κ1) is 22.8. The first-order chi connectivity index (χ1) is 15.2. The molecule has 1 heterocycles. The summed E-state index contributed by atoms with van der Waals surface area (Å²) in [5, 5.41) is 2.77. The summed E-state index contributed by atoms with van der Waals surface area (Å²) in [7, 11) is -3.97. The minimum atomic E-state index is -3.97. The molecule has 3 aromatic rings. The third-order valence-corrected chi connectivity index (χ3v) is 5.60. The molecule has 0 aliphatic heterocycles. The quantitative estimate of drug-likeness (QED) is 0.383. The van der Waals surface area contributed by atoms with Crippen LogP contribution in [0.1, 0.15) is 20.9 Å². The fourth-order valence-corrected chi connectivity index (χ4v) is 3.66. The predicted octanol–water partition coefficient (Wildman–Crippen LogP) is 1.92. The number of sulfonamides is 1. The third-order valence-electron chi connectivity index (χ3n) is 3.97. The highest BCUT2D eigenvalue weighted by molar-refractivity contribution is 7.92. The number of hydrogen-bond acceptors (Lipinski definition) is 6. The van der Waals surface area contributed by atoms with Gasteiger partial charge < -0.3 is 9.73 Å². The second-order valence-electron chi connectivity index (χ2n) is 6.30. The highest BCUT2D eigenvalue weighted by Crippen LogP contribution is 2.19. The smallest absolute Gasteiger partial charge is 0.287 e. The molecular weight excluding hydrogens is 460 g/mol. The van der Waals surface area contributed by atoms with Crippen LogP contribution in [0.25, 0.3) is 0 Å². The molecule has 0 bridgehead atoms. The second kappa shape index (κ2) is 9.98. The summed E-state index contributed by atoms with van der Waals surface area (Å²) in [6, 6.07) is 14.2. The van der Waals surface area contributed by atoms with Gasteiger partial charge in [-0.25, -0.2) is 8.42 Å². The number of amides is 3. The lowest BCUT2D eigenvalue weighted by Crippen LogP contribution is -2.46. The van der Waals surface area contributed by atoms with Crippen molar-refractivity contribution in [3.05, 3.63) is 83.3 Å². The molecule has 2 aromatic carbocycles. The Morgan fingerprint density at radius 2 is 1.66 bits per heavy atom. The molecule has 0 aliphatic carbocycles. The van der Waals surface area contributed by atoms with E-state index in [0.29, 0.717) is 10.7 Å². The molecule has 166 valence electrons. The molecular formula is C20H17ClN4O6S. The van der Waals surface area contributed by atoms with E-state index in [0.717, 1.165) is 6.07 Å². The molecule has 3 amide bonds. The van der Waals surface area contributed by atoms with Crippen LogP contribution < -0.4 is 20.9 Å². The Hall–Kier alpha value is -3.83. The fourth-order valence-electron chi connectivity index (χ4n) is 2.43. The Balaban J connectivity index is 1.56. The average Bonchev–Trinajstić information content (AvgIpc) is 3.32. The van der Waals surface area contributed by atoms with Crippen LogP contribution in [0.2, 0.25) is 5.02 Å². The van der Waals surface area contributed by atoms with E-state index in [4.69, 9.17) is 16.0 Å². The van der Waals surface area contributed by atoms with Crippen molar-refractivity contribution in [1.29, 1.82) is 0 Å². The molecule has 0 fully saturated rings. The Bertz CT molecular complexity index is 1230. The maximum atomic E-state index is 12.6. The van der Waals surface area contributed by atoms with Gasteiger partial charge in [0.15, 0.2) is 5.76 Å². The van der Waals surface area contributed by atoms with Crippen molar-refractivity contribution in [1.82, 2.24) is 16.2 Å². The number of hydrogen-bond donors (Lipinski definition) is 4. The van der Waals surface area contributed by atoms with Crippen LogP contribution in [0, 0.1) is 0 Å². The van der Waals surface area contributed by atoms with Gasteiger partial charge in [-0.1, -0.05) is 17.7 Å². The van der Waals surface area contributed by atoms with Crippen LogP contribution >= 0.6 is 11.6 Å². The van der Waals surface area contributed by atoms with Crippen LogP contribution in [0.3, 0.4) is 0 Å². The zero-order chi connectivity index (χ0) is 23.1. The van der Waals surface area contributed by atoms with E-state index in [9.17, 15) is 22.8 Å². The number of nitrogens with one attached hydrogen (secondary N) is 4. The van der Waals surface area contributed by atoms with Gasteiger partial charge in [-0.05, 0) is 54.6 Å². The largest absolute Gasteiger partial charge is 0.459 e. The number of furan rings is 1. The van der Waals surface area contributed by atoms with E-state index >= 15 is 0 Å². The van der Waals surface area contributed by atoms with E-state index in [2.05, 4.69) is 20.9 Å². The number of hydrazine groups is 1. The van der Waals surface area contributed by atoms with Crippen molar-refractivity contribution in [3.8, 4) is 0 Å². The normalized spacial score (nSPS) is 10.8.